The molecule has 0 fully saturated rings. The van der Waals surface area contributed by atoms with Gasteiger partial charge >= 0.3 is 11.9 Å². The Bertz CT molecular complexity index is 529. The summed E-state index contributed by atoms with van der Waals surface area (Å²) in [6, 6.07) is -4.17. The molecule has 25 heavy (non-hydrogen) atoms. The maximum Gasteiger partial charge on any atom is 0.322 e. The highest BCUT2D eigenvalue weighted by molar-refractivity contribution is 7.80. The van der Waals surface area contributed by atoms with Crippen LogP contribution in [-0.4, -0.2) is 82.0 Å². The monoisotopic (exact) mass is 380 g/mol. The largest absolute Gasteiger partial charge is 0.481 e. The van der Waals surface area contributed by atoms with Gasteiger partial charge < -0.3 is 37.0 Å². The maximum atomic E-state index is 12.1. The van der Waals surface area contributed by atoms with Crippen molar-refractivity contribution in [2.45, 2.75) is 24.5 Å². The number of aliphatic carboxylic acids is 2. The average molecular weight is 380 g/mol. The summed E-state index contributed by atoms with van der Waals surface area (Å²) in [5.41, 5.74) is 5.27. The third kappa shape index (κ3) is 8.88. The summed E-state index contributed by atoms with van der Waals surface area (Å²) in [5.74, 6) is -5.73. The summed E-state index contributed by atoms with van der Waals surface area (Å²) in [6.45, 7) is -1.40. The molecule has 3 unspecified atom stereocenters. The topological polar surface area (TPSA) is 208 Å². The predicted molar refractivity (Wildman–Crippen MR) is 85.7 cm³/mol. The van der Waals surface area contributed by atoms with E-state index in [1.54, 1.807) is 0 Å². The van der Waals surface area contributed by atoms with Gasteiger partial charge in [0.2, 0.25) is 17.7 Å². The van der Waals surface area contributed by atoms with E-state index in [1.807, 2.05) is 10.6 Å². The van der Waals surface area contributed by atoms with Crippen molar-refractivity contribution >= 4 is 42.3 Å². The molecule has 0 rings (SSSR count). The fraction of sp³-hybridized carbons (Fsp3) is 0.583. The van der Waals surface area contributed by atoms with Crippen molar-refractivity contribution in [3.05, 3.63) is 0 Å². The van der Waals surface area contributed by atoms with Crippen molar-refractivity contribution in [2.24, 2.45) is 5.73 Å². The minimum absolute atomic E-state index is 0.207. The Hall–Kier alpha value is -2.38. The quantitative estimate of drug-likeness (QED) is 0.163. The minimum Gasteiger partial charge on any atom is -0.481 e. The molecule has 142 valence electrons. The van der Waals surface area contributed by atoms with Gasteiger partial charge in [-0.3, -0.25) is 24.0 Å². The molecule has 0 aliphatic rings. The van der Waals surface area contributed by atoms with Crippen LogP contribution in [0.2, 0.25) is 0 Å². The summed E-state index contributed by atoms with van der Waals surface area (Å²) in [7, 11) is 0. The van der Waals surface area contributed by atoms with Crippen molar-refractivity contribution < 1.29 is 39.3 Å². The van der Waals surface area contributed by atoms with Gasteiger partial charge in [-0.05, 0) is 0 Å². The molecule has 0 aliphatic heterocycles. The third-order valence-corrected chi connectivity index (χ3v) is 3.14. The van der Waals surface area contributed by atoms with Gasteiger partial charge in [-0.1, -0.05) is 0 Å². The second kappa shape index (κ2) is 11.2. The van der Waals surface area contributed by atoms with Gasteiger partial charge in [-0.15, -0.1) is 0 Å². The molecule has 0 saturated heterocycles. The van der Waals surface area contributed by atoms with Crippen LogP contribution in [0.25, 0.3) is 0 Å². The lowest BCUT2D eigenvalue weighted by atomic mass is 10.1. The van der Waals surface area contributed by atoms with Crippen molar-refractivity contribution in [1.29, 1.82) is 0 Å². The third-order valence-electron chi connectivity index (χ3n) is 2.77. The minimum atomic E-state index is -1.56. The van der Waals surface area contributed by atoms with E-state index >= 15 is 0 Å². The number of aliphatic hydroxyl groups is 1. The van der Waals surface area contributed by atoms with Crippen LogP contribution in [0.4, 0.5) is 0 Å². The molecule has 0 heterocycles. The number of rotatable bonds is 11. The van der Waals surface area contributed by atoms with E-state index in [1.165, 1.54) is 0 Å². The normalized spacial score (nSPS) is 13.9. The highest BCUT2D eigenvalue weighted by Gasteiger charge is 2.29. The summed E-state index contributed by atoms with van der Waals surface area (Å²) < 4.78 is 0. The lowest BCUT2D eigenvalue weighted by molar-refractivity contribution is -0.141. The summed E-state index contributed by atoms with van der Waals surface area (Å²) >= 11 is 3.85. The van der Waals surface area contributed by atoms with E-state index in [4.69, 9.17) is 21.1 Å². The van der Waals surface area contributed by atoms with E-state index < -0.39 is 67.4 Å². The first-order chi connectivity index (χ1) is 11.6. The second-order valence-corrected chi connectivity index (χ2v) is 5.17. The molecular weight excluding hydrogens is 360 g/mol. The molecule has 13 heteroatoms. The molecule has 0 spiro atoms. The van der Waals surface area contributed by atoms with Crippen molar-refractivity contribution in [3.63, 3.8) is 0 Å². The number of nitrogens with one attached hydrogen (secondary N) is 3. The number of nitrogens with two attached hydrogens (primary N) is 1. The highest BCUT2D eigenvalue weighted by Crippen LogP contribution is 1.98. The van der Waals surface area contributed by atoms with Crippen molar-refractivity contribution in [2.75, 3.05) is 18.9 Å². The summed E-state index contributed by atoms with van der Waals surface area (Å²) in [6.07, 6.45) is -0.800. The smallest absolute Gasteiger partial charge is 0.322 e. The van der Waals surface area contributed by atoms with Gasteiger partial charge in [-0.25, -0.2) is 0 Å². The number of thiol groups is 1. The van der Waals surface area contributed by atoms with Crippen molar-refractivity contribution in [3.8, 4) is 0 Å². The van der Waals surface area contributed by atoms with E-state index in [2.05, 4.69) is 17.9 Å². The first kappa shape index (κ1) is 22.6. The predicted octanol–water partition coefficient (Wildman–Crippen LogP) is -4.12. The highest BCUT2D eigenvalue weighted by atomic mass is 32.1. The molecule has 0 aliphatic carbocycles. The van der Waals surface area contributed by atoms with E-state index in [-0.39, 0.29) is 5.75 Å². The molecular formula is C12H20N4O8S. The number of aliphatic hydroxyl groups excluding tert-OH is 1. The second-order valence-electron chi connectivity index (χ2n) is 4.80. The molecule has 0 saturated carbocycles. The number of carboxylic acids is 2. The van der Waals surface area contributed by atoms with E-state index in [0.717, 1.165) is 0 Å². The van der Waals surface area contributed by atoms with Gasteiger partial charge in [0.1, 0.15) is 24.7 Å². The number of amides is 3. The fourth-order valence-electron chi connectivity index (χ4n) is 1.50. The van der Waals surface area contributed by atoms with Crippen LogP contribution in [0.15, 0.2) is 0 Å². The van der Waals surface area contributed by atoms with E-state index in [9.17, 15) is 24.0 Å². The van der Waals surface area contributed by atoms with Crippen LogP contribution in [-0.2, 0) is 24.0 Å². The number of carbonyl (C=O) groups excluding carboxylic acids is 3. The SMILES string of the molecule is NC(CO)C(=O)NC(CC(=O)O)C(=O)NC(CS)C(=O)NCC(=O)O. The standard InChI is InChI=1S/C12H20N4O8S/c13-5(3-17)10(22)15-6(1-8(18)19)12(24)16-7(4-25)11(23)14-2-9(20)21/h5-7,17,25H,1-4,13H2,(H,14,23)(H,15,22)(H,16,24)(H,18,19)(H,20,21). The van der Waals surface area contributed by atoms with Gasteiger partial charge in [-0.2, -0.15) is 12.6 Å². The van der Waals surface area contributed by atoms with Crippen LogP contribution < -0.4 is 21.7 Å². The Morgan fingerprint density at radius 1 is 0.920 bits per heavy atom. The van der Waals surface area contributed by atoms with Gasteiger partial charge in [0.05, 0.1) is 13.0 Å². The summed E-state index contributed by atoms with van der Waals surface area (Å²) in [5, 5.41) is 32.3. The zero-order chi connectivity index (χ0) is 19.6. The molecule has 3 atom stereocenters. The maximum absolute atomic E-state index is 12.1. The lowest BCUT2D eigenvalue weighted by Gasteiger charge is -2.22. The van der Waals surface area contributed by atoms with Gasteiger partial charge in [0.15, 0.2) is 0 Å². The van der Waals surface area contributed by atoms with Gasteiger partial charge in [0.25, 0.3) is 0 Å². The number of carbonyl (C=O) groups is 5. The molecule has 0 radical (unpaired) electrons. The first-order valence-electron chi connectivity index (χ1n) is 6.91. The number of carboxylic acid groups (broad SMARTS) is 2. The zero-order valence-corrected chi connectivity index (χ0v) is 13.9. The van der Waals surface area contributed by atoms with Crippen molar-refractivity contribution in [1.82, 2.24) is 16.0 Å². The number of hydrogen-bond acceptors (Lipinski definition) is 8. The summed E-state index contributed by atoms with van der Waals surface area (Å²) in [4.78, 5) is 56.7. The average Bonchev–Trinajstić information content (AvgIpc) is 2.55. The zero-order valence-electron chi connectivity index (χ0n) is 13.0. The van der Waals surface area contributed by atoms with E-state index in [0.29, 0.717) is 0 Å². The van der Waals surface area contributed by atoms with Crippen LogP contribution >= 0.6 is 12.6 Å². The Balaban J connectivity index is 4.97. The van der Waals surface area contributed by atoms with Crippen LogP contribution in [0.1, 0.15) is 6.42 Å². The Morgan fingerprint density at radius 3 is 1.92 bits per heavy atom. The number of hydrogen-bond donors (Lipinski definition) is 8. The molecule has 8 N–H and O–H groups in total. The molecule has 3 amide bonds. The first-order valence-corrected chi connectivity index (χ1v) is 7.54. The molecule has 12 nitrogen and oxygen atoms in total. The molecule has 0 aromatic rings. The fourth-order valence-corrected chi connectivity index (χ4v) is 1.76. The van der Waals surface area contributed by atoms with Crippen LogP contribution in [0.3, 0.4) is 0 Å². The van der Waals surface area contributed by atoms with Crippen LogP contribution in [0.5, 0.6) is 0 Å². The lowest BCUT2D eigenvalue weighted by Crippen LogP contribution is -2.57. The molecule has 0 bridgehead atoms. The van der Waals surface area contributed by atoms with Crippen LogP contribution in [0, 0.1) is 0 Å². The Morgan fingerprint density at radius 2 is 1.48 bits per heavy atom. The van der Waals surface area contributed by atoms with Gasteiger partial charge in [0, 0.05) is 5.75 Å². The Labute approximate surface area is 147 Å². The Kier molecular flexibility index (Phi) is 10.2. The molecule has 0 aromatic heterocycles. The molecule has 0 aromatic carbocycles.